The molecule has 0 fully saturated rings. The molecule has 0 spiro atoms. The molecule has 176 valence electrons. The van der Waals surface area contributed by atoms with Crippen LogP contribution in [0.25, 0.3) is 10.8 Å². The van der Waals surface area contributed by atoms with Gasteiger partial charge in [-0.15, -0.1) is 0 Å². The number of nitro benzene ring substituents is 1. The van der Waals surface area contributed by atoms with Crippen LogP contribution in [-0.2, 0) is 10.0 Å². The number of nitrogens with zero attached hydrogens (tertiary/aromatic N) is 2. The van der Waals surface area contributed by atoms with Crippen LogP contribution in [0.4, 0.5) is 17.1 Å². The van der Waals surface area contributed by atoms with Gasteiger partial charge in [-0.2, -0.15) is 5.10 Å². The highest BCUT2D eigenvalue weighted by Gasteiger charge is 2.24. The first kappa shape index (κ1) is 23.4. The summed E-state index contributed by atoms with van der Waals surface area (Å²) in [4.78, 5) is 21.5. The summed E-state index contributed by atoms with van der Waals surface area (Å²) in [7, 11) is -4.43. The number of carboxylic acids is 1. The third kappa shape index (κ3) is 5.25. The van der Waals surface area contributed by atoms with Crippen LogP contribution < -0.4 is 10.1 Å². The van der Waals surface area contributed by atoms with Crippen molar-refractivity contribution in [3.63, 3.8) is 0 Å². The molecule has 4 aromatic rings. The van der Waals surface area contributed by atoms with Crippen LogP contribution in [0.3, 0.4) is 0 Å². The summed E-state index contributed by atoms with van der Waals surface area (Å²) in [5.74, 6) is -1.33. The lowest BCUT2D eigenvalue weighted by atomic mass is 10.1. The zero-order chi connectivity index (χ0) is 25.0. The summed E-state index contributed by atoms with van der Waals surface area (Å²) in [5, 5.41) is 26.7. The zero-order valence-electron chi connectivity index (χ0n) is 18.0. The van der Waals surface area contributed by atoms with E-state index in [-0.39, 0.29) is 16.9 Å². The van der Waals surface area contributed by atoms with E-state index in [0.717, 1.165) is 28.5 Å². The Labute approximate surface area is 199 Å². The molecule has 0 heterocycles. The molecule has 0 radical (unpaired) electrons. The number of nitro groups is 1. The van der Waals surface area contributed by atoms with Gasteiger partial charge in [0.05, 0.1) is 28.1 Å². The van der Waals surface area contributed by atoms with Crippen LogP contribution in [0.5, 0.6) is 0 Å². The van der Waals surface area contributed by atoms with Gasteiger partial charge in [-0.05, 0) is 40.6 Å². The molecular weight excluding hydrogens is 472 g/mol. The van der Waals surface area contributed by atoms with Gasteiger partial charge in [-0.3, -0.25) is 20.3 Å². The molecule has 0 atom stereocenters. The maximum absolute atomic E-state index is 13.1. The van der Waals surface area contributed by atoms with Gasteiger partial charge >= 0.3 is 5.97 Å². The number of fused-ring (bicyclic) bond motifs is 1. The first-order valence-electron chi connectivity index (χ1n) is 10.2. The molecule has 3 N–H and O–H groups in total. The first-order chi connectivity index (χ1) is 16.7. The lowest BCUT2D eigenvalue weighted by Crippen LogP contribution is -2.17. The highest BCUT2D eigenvalue weighted by atomic mass is 32.2. The van der Waals surface area contributed by atoms with Crippen LogP contribution in [-0.4, -0.2) is 30.6 Å². The van der Waals surface area contributed by atoms with Gasteiger partial charge in [0.2, 0.25) is 0 Å². The zero-order valence-corrected chi connectivity index (χ0v) is 18.8. The highest BCUT2D eigenvalue weighted by molar-refractivity contribution is 7.93. The van der Waals surface area contributed by atoms with Gasteiger partial charge < -0.3 is 5.11 Å². The van der Waals surface area contributed by atoms with E-state index in [1.807, 2.05) is 42.5 Å². The average Bonchev–Trinajstić information content (AvgIpc) is 2.84. The van der Waals surface area contributed by atoms with E-state index in [1.165, 1.54) is 36.5 Å². The van der Waals surface area contributed by atoms with E-state index < -0.39 is 31.5 Å². The summed E-state index contributed by atoms with van der Waals surface area (Å²) < 4.78 is 28.5. The molecule has 0 aliphatic rings. The minimum absolute atomic E-state index is 0.0343. The molecule has 0 bridgehead atoms. The van der Waals surface area contributed by atoms with Crippen molar-refractivity contribution >= 4 is 50.0 Å². The Bertz CT molecular complexity index is 1580. The highest BCUT2D eigenvalue weighted by Crippen LogP contribution is 2.29. The molecule has 0 aromatic heterocycles. The molecule has 0 aliphatic carbocycles. The second-order valence-corrected chi connectivity index (χ2v) is 9.02. The van der Waals surface area contributed by atoms with Gasteiger partial charge in [-0.25, -0.2) is 13.2 Å². The number of hydrogen-bond donors (Lipinski definition) is 3. The standard InChI is InChI=1S/C24H18N4O6S/c29-24(30)20-7-3-4-8-21(20)27-35(33,34)23-14-19(28(31)32)11-12-22(23)26-25-15-16-9-10-17-5-1-2-6-18(17)13-16/h1-15,26-27H,(H,29,30)/b25-15-. The van der Waals surface area contributed by atoms with Crippen molar-refractivity contribution in [2.45, 2.75) is 4.90 Å². The number of anilines is 2. The second kappa shape index (κ2) is 9.61. The van der Waals surface area contributed by atoms with Gasteiger partial charge in [0.1, 0.15) is 4.90 Å². The maximum Gasteiger partial charge on any atom is 0.337 e. The fraction of sp³-hybridized carbons (Fsp3) is 0. The Kier molecular flexibility index (Phi) is 6.42. The van der Waals surface area contributed by atoms with Crippen molar-refractivity contribution in [2.24, 2.45) is 5.10 Å². The van der Waals surface area contributed by atoms with Crippen LogP contribution in [0.15, 0.2) is 94.9 Å². The molecule has 4 rings (SSSR count). The third-order valence-corrected chi connectivity index (χ3v) is 6.44. The van der Waals surface area contributed by atoms with Gasteiger partial charge in [0.15, 0.2) is 0 Å². The second-order valence-electron chi connectivity index (χ2n) is 7.37. The van der Waals surface area contributed by atoms with E-state index >= 15 is 0 Å². The Balaban J connectivity index is 1.67. The predicted octanol–water partition coefficient (Wildman–Crippen LogP) is 4.69. The Morgan fingerprint density at radius 1 is 0.914 bits per heavy atom. The van der Waals surface area contributed by atoms with Crippen molar-refractivity contribution in [2.75, 3.05) is 10.1 Å². The van der Waals surface area contributed by atoms with Crippen LogP contribution in [0.2, 0.25) is 0 Å². The lowest BCUT2D eigenvalue weighted by Gasteiger charge is -2.13. The van der Waals surface area contributed by atoms with Crippen LogP contribution in [0.1, 0.15) is 15.9 Å². The van der Waals surface area contributed by atoms with E-state index in [1.54, 1.807) is 0 Å². The Hall–Kier alpha value is -4.77. The molecule has 35 heavy (non-hydrogen) atoms. The Morgan fingerprint density at radius 3 is 2.37 bits per heavy atom. The molecule has 0 aliphatic heterocycles. The molecule has 10 nitrogen and oxygen atoms in total. The fourth-order valence-corrected chi connectivity index (χ4v) is 4.62. The summed E-state index contributed by atoms with van der Waals surface area (Å²) in [6.45, 7) is 0. The molecule has 0 saturated carbocycles. The van der Waals surface area contributed by atoms with Gasteiger partial charge in [0.25, 0.3) is 15.7 Å². The summed E-state index contributed by atoms with van der Waals surface area (Å²) in [6.07, 6.45) is 1.48. The van der Waals surface area contributed by atoms with Crippen LogP contribution in [0, 0.1) is 10.1 Å². The number of carboxylic acid groups (broad SMARTS) is 1. The SMILES string of the molecule is O=C(O)c1ccccc1NS(=O)(=O)c1cc([N+](=O)[O-])ccc1N/N=C\c1ccc2ccccc2c1. The number of hydrazone groups is 1. The molecule has 0 saturated heterocycles. The number of hydrogen-bond acceptors (Lipinski definition) is 7. The van der Waals surface area contributed by atoms with E-state index in [2.05, 4.69) is 15.2 Å². The molecule has 4 aromatic carbocycles. The van der Waals surface area contributed by atoms with E-state index in [4.69, 9.17) is 0 Å². The predicted molar refractivity (Wildman–Crippen MR) is 132 cm³/mol. The number of sulfonamides is 1. The average molecular weight is 490 g/mol. The number of non-ortho nitro benzene ring substituents is 1. The van der Waals surface area contributed by atoms with Gasteiger partial charge in [-0.1, -0.05) is 48.5 Å². The van der Waals surface area contributed by atoms with E-state index in [0.29, 0.717) is 0 Å². The van der Waals surface area contributed by atoms with Crippen molar-refractivity contribution in [3.8, 4) is 0 Å². The lowest BCUT2D eigenvalue weighted by molar-refractivity contribution is -0.385. The van der Waals surface area contributed by atoms with Crippen LogP contribution >= 0.6 is 0 Å². The van der Waals surface area contributed by atoms with Crippen molar-refractivity contribution in [1.82, 2.24) is 0 Å². The smallest absolute Gasteiger partial charge is 0.337 e. The summed E-state index contributed by atoms with van der Waals surface area (Å²) in [6, 6.07) is 22.1. The number of para-hydroxylation sites is 1. The normalized spacial score (nSPS) is 11.4. The minimum atomic E-state index is -4.43. The number of rotatable bonds is 8. The van der Waals surface area contributed by atoms with Crippen molar-refractivity contribution in [1.29, 1.82) is 0 Å². The molecule has 0 unspecified atom stereocenters. The largest absolute Gasteiger partial charge is 0.478 e. The summed E-state index contributed by atoms with van der Waals surface area (Å²) >= 11 is 0. The first-order valence-corrected chi connectivity index (χ1v) is 11.6. The van der Waals surface area contributed by atoms with E-state index in [9.17, 15) is 28.4 Å². The number of aromatic carboxylic acids is 1. The van der Waals surface area contributed by atoms with Crippen molar-refractivity contribution < 1.29 is 23.2 Å². The molecular formula is C24H18N4O6S. The molecule has 0 amide bonds. The summed E-state index contributed by atoms with van der Waals surface area (Å²) in [5.41, 5.74) is 2.42. The van der Waals surface area contributed by atoms with Crippen molar-refractivity contribution in [3.05, 3.63) is 106 Å². The van der Waals surface area contributed by atoms with Gasteiger partial charge in [0, 0.05) is 12.1 Å². The maximum atomic E-state index is 13.1. The molecule has 11 heteroatoms. The fourth-order valence-electron chi connectivity index (χ4n) is 3.36. The third-order valence-electron chi connectivity index (χ3n) is 5.04. The quantitative estimate of drug-likeness (QED) is 0.184. The number of benzene rings is 4. The minimum Gasteiger partial charge on any atom is -0.478 e. The monoisotopic (exact) mass is 490 g/mol. The number of carbonyl (C=O) groups is 1. The Morgan fingerprint density at radius 2 is 1.63 bits per heavy atom. The number of nitrogens with one attached hydrogen (secondary N) is 2. The topological polar surface area (TPSA) is 151 Å².